The molecule has 1 heterocycles. The van der Waals surface area contributed by atoms with Gasteiger partial charge in [-0.25, -0.2) is 9.97 Å². The molecule has 0 saturated heterocycles. The molecule has 126 valence electrons. The summed E-state index contributed by atoms with van der Waals surface area (Å²) in [6.07, 6.45) is 2.19. The van der Waals surface area contributed by atoms with Crippen LogP contribution in [0.4, 0.5) is 17.2 Å². The van der Waals surface area contributed by atoms with Crippen molar-refractivity contribution in [1.82, 2.24) is 9.97 Å². The Labute approximate surface area is 151 Å². The Morgan fingerprint density at radius 2 is 1.92 bits per heavy atom. The Bertz CT molecular complexity index is 898. The van der Waals surface area contributed by atoms with Crippen LogP contribution >= 0.6 is 11.6 Å². The summed E-state index contributed by atoms with van der Waals surface area (Å²) in [7, 11) is 0. The molecule has 0 aliphatic carbocycles. The molecule has 2 N–H and O–H groups in total. The predicted molar refractivity (Wildman–Crippen MR) is 101 cm³/mol. The van der Waals surface area contributed by atoms with Gasteiger partial charge in [0.15, 0.2) is 0 Å². The van der Waals surface area contributed by atoms with E-state index in [2.05, 4.69) is 20.6 Å². The van der Waals surface area contributed by atoms with E-state index in [1.807, 2.05) is 43.3 Å². The number of aromatic nitrogens is 2. The van der Waals surface area contributed by atoms with Crippen LogP contribution in [0.25, 0.3) is 0 Å². The van der Waals surface area contributed by atoms with Crippen molar-refractivity contribution in [3.63, 3.8) is 0 Å². The number of hydrogen-bond acceptors (Lipinski definition) is 4. The molecule has 0 unspecified atom stereocenters. The maximum atomic E-state index is 12.5. The van der Waals surface area contributed by atoms with E-state index in [9.17, 15) is 4.79 Å². The second-order valence-corrected chi connectivity index (χ2v) is 5.83. The third-order valence-corrected chi connectivity index (χ3v) is 3.88. The van der Waals surface area contributed by atoms with Gasteiger partial charge in [-0.05, 0) is 36.2 Å². The lowest BCUT2D eigenvalue weighted by molar-refractivity contribution is 0.102. The second kappa shape index (κ2) is 7.77. The normalized spacial score (nSPS) is 10.3. The van der Waals surface area contributed by atoms with Crippen LogP contribution < -0.4 is 10.6 Å². The van der Waals surface area contributed by atoms with Gasteiger partial charge in [0.1, 0.15) is 17.8 Å². The van der Waals surface area contributed by atoms with E-state index in [0.717, 1.165) is 23.4 Å². The number of halogens is 1. The first kappa shape index (κ1) is 16.9. The molecule has 0 saturated carbocycles. The van der Waals surface area contributed by atoms with Crippen LogP contribution in [0.3, 0.4) is 0 Å². The number of nitrogens with one attached hydrogen (secondary N) is 2. The van der Waals surface area contributed by atoms with Crippen molar-refractivity contribution in [2.45, 2.75) is 13.3 Å². The molecule has 6 heteroatoms. The number of carbonyl (C=O) groups is 1. The minimum Gasteiger partial charge on any atom is -0.340 e. The number of hydrogen-bond donors (Lipinski definition) is 2. The molecule has 25 heavy (non-hydrogen) atoms. The number of aryl methyl sites for hydroxylation is 1. The maximum absolute atomic E-state index is 12.5. The predicted octanol–water partition coefficient (Wildman–Crippen LogP) is 4.69. The molecule has 0 aliphatic rings. The average molecular weight is 353 g/mol. The van der Waals surface area contributed by atoms with Gasteiger partial charge in [0, 0.05) is 22.5 Å². The molecule has 0 fully saturated rings. The van der Waals surface area contributed by atoms with Gasteiger partial charge >= 0.3 is 0 Å². The van der Waals surface area contributed by atoms with Crippen molar-refractivity contribution in [2.24, 2.45) is 0 Å². The van der Waals surface area contributed by atoms with Crippen LogP contribution in [-0.4, -0.2) is 15.9 Å². The quantitative estimate of drug-likeness (QED) is 0.699. The number of amides is 1. The van der Waals surface area contributed by atoms with Crippen LogP contribution in [0.15, 0.2) is 60.9 Å². The minimum absolute atomic E-state index is 0.280. The van der Waals surface area contributed by atoms with Crippen LogP contribution in [0.2, 0.25) is 5.02 Å². The van der Waals surface area contributed by atoms with Crippen molar-refractivity contribution >= 4 is 34.7 Å². The molecule has 0 radical (unpaired) electrons. The fraction of sp³-hybridized carbons (Fsp3) is 0.105. The number of nitrogens with zero attached hydrogens (tertiary/aromatic N) is 2. The molecule has 1 amide bonds. The summed E-state index contributed by atoms with van der Waals surface area (Å²) in [6, 6.07) is 16.6. The summed E-state index contributed by atoms with van der Waals surface area (Å²) in [6.45, 7) is 2.04. The molecule has 0 atom stereocenters. The molecule has 3 aromatic rings. The number of anilines is 3. The smallest absolute Gasteiger partial charge is 0.274 e. The Morgan fingerprint density at radius 1 is 1.08 bits per heavy atom. The molecule has 5 nitrogen and oxygen atoms in total. The van der Waals surface area contributed by atoms with Gasteiger partial charge in [0.2, 0.25) is 0 Å². The molecular formula is C19H17ClN4O. The van der Waals surface area contributed by atoms with Crippen LogP contribution in [0.1, 0.15) is 23.0 Å². The Balaban J connectivity index is 1.77. The highest BCUT2D eigenvalue weighted by atomic mass is 35.5. The molecule has 0 spiro atoms. The van der Waals surface area contributed by atoms with E-state index in [4.69, 9.17) is 11.6 Å². The maximum Gasteiger partial charge on any atom is 0.274 e. The van der Waals surface area contributed by atoms with Crippen molar-refractivity contribution in [3.05, 3.63) is 77.2 Å². The molecule has 0 bridgehead atoms. The van der Waals surface area contributed by atoms with Crippen molar-refractivity contribution in [1.29, 1.82) is 0 Å². The highest BCUT2D eigenvalue weighted by Gasteiger charge is 2.11. The van der Waals surface area contributed by atoms with Crippen LogP contribution in [-0.2, 0) is 6.42 Å². The summed E-state index contributed by atoms with van der Waals surface area (Å²) >= 11 is 5.97. The number of benzene rings is 2. The van der Waals surface area contributed by atoms with Gasteiger partial charge in [0.25, 0.3) is 5.91 Å². The SMILES string of the molecule is CCc1ccccc1NC(=O)c1cc(Nc2cccc(Cl)c2)ncn1. The molecule has 0 aliphatic heterocycles. The summed E-state index contributed by atoms with van der Waals surface area (Å²) in [4.78, 5) is 20.7. The first-order valence-electron chi connectivity index (χ1n) is 7.89. The van der Waals surface area contributed by atoms with Crippen molar-refractivity contribution < 1.29 is 4.79 Å². The van der Waals surface area contributed by atoms with Crippen molar-refractivity contribution in [2.75, 3.05) is 10.6 Å². The zero-order valence-corrected chi connectivity index (χ0v) is 14.4. The zero-order valence-electron chi connectivity index (χ0n) is 13.7. The van der Waals surface area contributed by atoms with Gasteiger partial charge in [-0.2, -0.15) is 0 Å². The first-order chi connectivity index (χ1) is 12.2. The minimum atomic E-state index is -0.280. The largest absolute Gasteiger partial charge is 0.340 e. The topological polar surface area (TPSA) is 66.9 Å². The lowest BCUT2D eigenvalue weighted by Gasteiger charge is -2.10. The van der Waals surface area contributed by atoms with E-state index < -0.39 is 0 Å². The molecular weight excluding hydrogens is 336 g/mol. The first-order valence-corrected chi connectivity index (χ1v) is 8.27. The van der Waals surface area contributed by atoms with E-state index in [1.165, 1.54) is 6.33 Å². The monoisotopic (exact) mass is 352 g/mol. The Kier molecular flexibility index (Phi) is 5.26. The Morgan fingerprint density at radius 3 is 2.72 bits per heavy atom. The summed E-state index contributed by atoms with van der Waals surface area (Å²) < 4.78 is 0. The second-order valence-electron chi connectivity index (χ2n) is 5.39. The average Bonchev–Trinajstić information content (AvgIpc) is 2.62. The third kappa shape index (κ3) is 4.33. The van der Waals surface area contributed by atoms with Crippen LogP contribution in [0.5, 0.6) is 0 Å². The lowest BCUT2D eigenvalue weighted by atomic mass is 10.1. The van der Waals surface area contributed by atoms with E-state index in [0.29, 0.717) is 10.8 Å². The standard InChI is InChI=1S/C19H17ClN4O/c1-2-13-6-3-4-9-16(13)24-19(25)17-11-18(22-12-21-17)23-15-8-5-7-14(20)10-15/h3-12H,2H2,1H3,(H,24,25)(H,21,22,23). The van der Waals surface area contributed by atoms with Crippen LogP contribution in [0, 0.1) is 0 Å². The lowest BCUT2D eigenvalue weighted by Crippen LogP contribution is -2.15. The summed E-state index contributed by atoms with van der Waals surface area (Å²) in [5.74, 6) is 0.239. The Hall–Kier alpha value is -2.92. The van der Waals surface area contributed by atoms with E-state index >= 15 is 0 Å². The fourth-order valence-corrected chi connectivity index (χ4v) is 2.59. The number of rotatable bonds is 5. The van der Waals surface area contributed by atoms with Gasteiger partial charge < -0.3 is 10.6 Å². The van der Waals surface area contributed by atoms with Gasteiger partial charge in [-0.1, -0.05) is 42.8 Å². The zero-order chi connectivity index (χ0) is 17.6. The molecule has 3 rings (SSSR count). The summed E-state index contributed by atoms with van der Waals surface area (Å²) in [5.41, 5.74) is 2.93. The fourth-order valence-electron chi connectivity index (χ4n) is 2.40. The van der Waals surface area contributed by atoms with E-state index in [-0.39, 0.29) is 11.6 Å². The highest BCUT2D eigenvalue weighted by molar-refractivity contribution is 6.30. The van der Waals surface area contributed by atoms with Gasteiger partial charge in [0.05, 0.1) is 0 Å². The van der Waals surface area contributed by atoms with Gasteiger partial charge in [-0.15, -0.1) is 0 Å². The van der Waals surface area contributed by atoms with Gasteiger partial charge in [-0.3, -0.25) is 4.79 Å². The molecule has 2 aromatic carbocycles. The third-order valence-electron chi connectivity index (χ3n) is 3.64. The summed E-state index contributed by atoms with van der Waals surface area (Å²) in [5, 5.41) is 6.63. The number of para-hydroxylation sites is 1. The van der Waals surface area contributed by atoms with Crippen molar-refractivity contribution in [3.8, 4) is 0 Å². The highest BCUT2D eigenvalue weighted by Crippen LogP contribution is 2.20. The van der Waals surface area contributed by atoms with E-state index in [1.54, 1.807) is 18.2 Å². The molecule has 1 aromatic heterocycles. The number of carbonyl (C=O) groups excluding carboxylic acids is 1.